The standard InChI is InChI=1S/C7H5ClIN3/c1-12-5-2-6(8)10-3-4(5)7(9)11-12/h2-3H,1H3. The van der Waals surface area contributed by atoms with E-state index < -0.39 is 0 Å². The van der Waals surface area contributed by atoms with E-state index in [1.165, 1.54) is 0 Å². The zero-order valence-corrected chi connectivity index (χ0v) is 9.17. The van der Waals surface area contributed by atoms with Crippen LogP contribution in [-0.2, 0) is 7.05 Å². The van der Waals surface area contributed by atoms with Crippen LogP contribution < -0.4 is 0 Å². The molecule has 0 saturated carbocycles. The van der Waals surface area contributed by atoms with E-state index >= 15 is 0 Å². The molecule has 0 aliphatic heterocycles. The molecule has 0 aromatic carbocycles. The Hall–Kier alpha value is -0.360. The van der Waals surface area contributed by atoms with Crippen molar-refractivity contribution in [3.05, 3.63) is 21.1 Å². The van der Waals surface area contributed by atoms with Gasteiger partial charge in [0, 0.05) is 19.3 Å². The minimum Gasteiger partial charge on any atom is -0.267 e. The summed E-state index contributed by atoms with van der Waals surface area (Å²) in [6, 6.07) is 1.81. The van der Waals surface area contributed by atoms with Crippen molar-refractivity contribution in [3.8, 4) is 0 Å². The Morgan fingerprint density at radius 3 is 3.08 bits per heavy atom. The van der Waals surface area contributed by atoms with Crippen LogP contribution in [0.1, 0.15) is 0 Å². The molecule has 0 amide bonds. The number of halogens is 2. The maximum absolute atomic E-state index is 5.75. The van der Waals surface area contributed by atoms with E-state index in [-0.39, 0.29) is 0 Å². The Morgan fingerprint density at radius 2 is 2.33 bits per heavy atom. The van der Waals surface area contributed by atoms with Crippen LogP contribution in [-0.4, -0.2) is 14.8 Å². The summed E-state index contributed by atoms with van der Waals surface area (Å²) in [6.45, 7) is 0. The molecule has 2 aromatic rings. The summed E-state index contributed by atoms with van der Waals surface area (Å²) in [5.74, 6) is 0. The fourth-order valence-corrected chi connectivity index (χ4v) is 1.98. The molecule has 0 saturated heterocycles. The van der Waals surface area contributed by atoms with E-state index in [1.54, 1.807) is 10.9 Å². The molecular weight excluding hydrogens is 288 g/mol. The molecule has 0 aliphatic carbocycles. The third-order valence-corrected chi connectivity index (χ3v) is 2.66. The van der Waals surface area contributed by atoms with Crippen molar-refractivity contribution >= 4 is 45.1 Å². The second-order valence-corrected chi connectivity index (χ2v) is 3.85. The minimum absolute atomic E-state index is 0.502. The van der Waals surface area contributed by atoms with Gasteiger partial charge in [0.15, 0.2) is 0 Å². The molecule has 0 N–H and O–H groups in total. The molecule has 0 atom stereocenters. The van der Waals surface area contributed by atoms with Crippen LogP contribution in [0.3, 0.4) is 0 Å². The molecule has 0 bridgehead atoms. The molecule has 12 heavy (non-hydrogen) atoms. The molecule has 0 spiro atoms. The molecule has 3 nitrogen and oxygen atoms in total. The second kappa shape index (κ2) is 2.85. The van der Waals surface area contributed by atoms with E-state index in [4.69, 9.17) is 11.6 Å². The number of nitrogens with zero attached hydrogens (tertiary/aromatic N) is 3. The first-order valence-electron chi connectivity index (χ1n) is 3.32. The van der Waals surface area contributed by atoms with Gasteiger partial charge >= 0.3 is 0 Å². The van der Waals surface area contributed by atoms with Crippen LogP contribution >= 0.6 is 34.2 Å². The van der Waals surface area contributed by atoms with Gasteiger partial charge in [-0.2, -0.15) is 5.10 Å². The normalized spacial score (nSPS) is 10.9. The molecule has 0 radical (unpaired) electrons. The Bertz CT molecular complexity index is 437. The van der Waals surface area contributed by atoms with Gasteiger partial charge in [0.2, 0.25) is 0 Å². The fourth-order valence-electron chi connectivity index (χ4n) is 1.09. The van der Waals surface area contributed by atoms with E-state index in [1.807, 2.05) is 13.1 Å². The van der Waals surface area contributed by atoms with Crippen molar-refractivity contribution in [2.24, 2.45) is 7.05 Å². The zero-order valence-electron chi connectivity index (χ0n) is 6.25. The number of hydrogen-bond donors (Lipinski definition) is 0. The van der Waals surface area contributed by atoms with Crippen LogP contribution in [0.4, 0.5) is 0 Å². The van der Waals surface area contributed by atoms with Crippen molar-refractivity contribution in [3.63, 3.8) is 0 Å². The summed E-state index contributed by atoms with van der Waals surface area (Å²) >= 11 is 7.92. The number of aromatic nitrogens is 3. The van der Waals surface area contributed by atoms with Gasteiger partial charge in [-0.05, 0) is 22.6 Å². The van der Waals surface area contributed by atoms with Gasteiger partial charge in [0.1, 0.15) is 8.85 Å². The van der Waals surface area contributed by atoms with Crippen molar-refractivity contribution in [1.82, 2.24) is 14.8 Å². The monoisotopic (exact) mass is 293 g/mol. The van der Waals surface area contributed by atoms with Crippen molar-refractivity contribution < 1.29 is 0 Å². The maximum Gasteiger partial charge on any atom is 0.132 e. The Morgan fingerprint density at radius 1 is 1.58 bits per heavy atom. The molecule has 2 rings (SSSR count). The van der Waals surface area contributed by atoms with Crippen LogP contribution in [0.2, 0.25) is 5.15 Å². The van der Waals surface area contributed by atoms with Crippen molar-refractivity contribution in [2.75, 3.05) is 0 Å². The Labute approximate surface area is 87.9 Å². The number of hydrogen-bond acceptors (Lipinski definition) is 2. The third-order valence-electron chi connectivity index (χ3n) is 1.66. The number of rotatable bonds is 0. The van der Waals surface area contributed by atoms with Gasteiger partial charge in [0.25, 0.3) is 0 Å². The van der Waals surface area contributed by atoms with Crippen LogP contribution in [0.15, 0.2) is 12.3 Å². The maximum atomic E-state index is 5.75. The summed E-state index contributed by atoms with van der Waals surface area (Å²) in [5.41, 5.74) is 1.01. The predicted molar refractivity (Wildman–Crippen MR) is 56.2 cm³/mol. The van der Waals surface area contributed by atoms with E-state index in [2.05, 4.69) is 32.7 Å². The van der Waals surface area contributed by atoms with Gasteiger partial charge in [-0.15, -0.1) is 0 Å². The van der Waals surface area contributed by atoms with E-state index in [0.29, 0.717) is 5.15 Å². The molecule has 2 heterocycles. The first kappa shape index (κ1) is 8.25. The first-order valence-corrected chi connectivity index (χ1v) is 4.78. The smallest absolute Gasteiger partial charge is 0.132 e. The lowest BCUT2D eigenvalue weighted by molar-refractivity contribution is 0.787. The molecule has 0 fully saturated rings. The lowest BCUT2D eigenvalue weighted by atomic mass is 10.3. The van der Waals surface area contributed by atoms with Crippen molar-refractivity contribution in [1.29, 1.82) is 0 Å². The minimum atomic E-state index is 0.502. The average molecular weight is 293 g/mol. The largest absolute Gasteiger partial charge is 0.267 e. The van der Waals surface area contributed by atoms with Crippen LogP contribution in [0.25, 0.3) is 10.9 Å². The lowest BCUT2D eigenvalue weighted by Crippen LogP contribution is -1.89. The third kappa shape index (κ3) is 1.19. The highest BCUT2D eigenvalue weighted by Crippen LogP contribution is 2.20. The number of fused-ring (bicyclic) bond motifs is 1. The second-order valence-electron chi connectivity index (χ2n) is 2.44. The van der Waals surface area contributed by atoms with E-state index in [9.17, 15) is 0 Å². The van der Waals surface area contributed by atoms with Gasteiger partial charge in [0.05, 0.1) is 10.9 Å². The SMILES string of the molecule is Cn1nc(I)c2cnc(Cl)cc21. The van der Waals surface area contributed by atoms with Gasteiger partial charge < -0.3 is 0 Å². The van der Waals surface area contributed by atoms with Crippen molar-refractivity contribution in [2.45, 2.75) is 0 Å². The topological polar surface area (TPSA) is 30.7 Å². The predicted octanol–water partition coefficient (Wildman–Crippen LogP) is 2.23. The number of aryl methyl sites for hydroxylation is 1. The van der Waals surface area contributed by atoms with Crippen LogP contribution in [0, 0.1) is 3.70 Å². The van der Waals surface area contributed by atoms with E-state index in [0.717, 1.165) is 14.6 Å². The summed E-state index contributed by atoms with van der Waals surface area (Å²) in [7, 11) is 1.89. The highest BCUT2D eigenvalue weighted by Gasteiger charge is 2.05. The summed E-state index contributed by atoms with van der Waals surface area (Å²) in [4.78, 5) is 3.99. The quantitative estimate of drug-likeness (QED) is 0.551. The highest BCUT2D eigenvalue weighted by molar-refractivity contribution is 14.1. The number of pyridine rings is 1. The van der Waals surface area contributed by atoms with Crippen LogP contribution in [0.5, 0.6) is 0 Å². The first-order chi connectivity index (χ1) is 5.68. The molecule has 2 aromatic heterocycles. The Kier molecular flexibility index (Phi) is 1.96. The molecule has 5 heteroatoms. The molecule has 0 aliphatic rings. The summed E-state index contributed by atoms with van der Waals surface area (Å²) < 4.78 is 2.75. The highest BCUT2D eigenvalue weighted by atomic mass is 127. The summed E-state index contributed by atoms with van der Waals surface area (Å²) in [6.07, 6.45) is 1.74. The molecular formula is C7H5ClIN3. The Balaban J connectivity index is 2.90. The zero-order chi connectivity index (χ0) is 8.72. The average Bonchev–Trinajstić information content (AvgIpc) is 2.28. The fraction of sp³-hybridized carbons (Fsp3) is 0.143. The molecule has 62 valence electrons. The van der Waals surface area contributed by atoms with Gasteiger partial charge in [-0.3, -0.25) is 4.68 Å². The lowest BCUT2D eigenvalue weighted by Gasteiger charge is -1.92. The van der Waals surface area contributed by atoms with Gasteiger partial charge in [-0.1, -0.05) is 11.6 Å². The van der Waals surface area contributed by atoms with Gasteiger partial charge in [-0.25, -0.2) is 4.98 Å². The summed E-state index contributed by atoms with van der Waals surface area (Å²) in [5, 5.41) is 5.78. The molecule has 0 unspecified atom stereocenters.